The smallest absolute Gasteiger partial charge is 0.119 e. The van der Waals surface area contributed by atoms with Crippen LogP contribution in [0.5, 0.6) is 11.5 Å². The topological polar surface area (TPSA) is 18.5 Å². The van der Waals surface area contributed by atoms with Gasteiger partial charge in [0.2, 0.25) is 0 Å². The Labute approximate surface area is 284 Å². The zero-order chi connectivity index (χ0) is 32.1. The van der Waals surface area contributed by atoms with Crippen molar-refractivity contribution in [3.8, 4) is 22.6 Å². The number of benzene rings is 2. The minimum atomic E-state index is 0.837. The SMILES string of the molecule is CCCCCCCC1CCC(CCCOc2ccc(-c3ccc(OCCCC4CCC(CCCCCCC)CC4)cc3)cc2)CC1. The molecule has 0 unspecified atom stereocenters. The Balaban J connectivity index is 1.02. The Morgan fingerprint density at radius 3 is 1.02 bits per heavy atom. The van der Waals surface area contributed by atoms with Crippen LogP contribution in [0, 0.1) is 23.7 Å². The lowest BCUT2D eigenvalue weighted by atomic mass is 9.78. The summed E-state index contributed by atoms with van der Waals surface area (Å²) in [4.78, 5) is 0. The van der Waals surface area contributed by atoms with Gasteiger partial charge >= 0.3 is 0 Å². The second-order valence-electron chi connectivity index (χ2n) is 15.2. The highest BCUT2D eigenvalue weighted by atomic mass is 16.5. The number of unbranched alkanes of at least 4 members (excludes halogenated alkanes) is 8. The fraction of sp³-hybridized carbons (Fsp3) is 0.727. The largest absolute Gasteiger partial charge is 0.494 e. The van der Waals surface area contributed by atoms with E-state index in [4.69, 9.17) is 9.47 Å². The molecule has 2 aliphatic rings. The van der Waals surface area contributed by atoms with Crippen molar-refractivity contribution in [2.24, 2.45) is 23.7 Å². The van der Waals surface area contributed by atoms with Crippen LogP contribution in [0.4, 0.5) is 0 Å². The maximum atomic E-state index is 6.12. The van der Waals surface area contributed by atoms with Crippen LogP contribution >= 0.6 is 0 Å². The average Bonchev–Trinajstić information content (AvgIpc) is 3.10. The standard InChI is InChI=1S/C44H70O2/c1-3-5-7-9-11-15-37-19-23-39(24-20-37)17-13-35-45-43-31-27-41(28-32-43)42-29-33-44(34-30-42)46-36-14-18-40-25-21-38(22-26-40)16-12-10-8-6-4-2/h27-34,37-40H,3-26,35-36H2,1-2H3. The maximum absolute atomic E-state index is 6.12. The van der Waals surface area contributed by atoms with Gasteiger partial charge in [-0.3, -0.25) is 0 Å². The van der Waals surface area contributed by atoms with Crippen LogP contribution in [0.2, 0.25) is 0 Å². The molecule has 2 heteroatoms. The van der Waals surface area contributed by atoms with E-state index >= 15 is 0 Å². The summed E-state index contributed by atoms with van der Waals surface area (Å²) in [6, 6.07) is 17.3. The van der Waals surface area contributed by atoms with E-state index < -0.39 is 0 Å². The van der Waals surface area contributed by atoms with Gasteiger partial charge in [-0.25, -0.2) is 0 Å². The fourth-order valence-electron chi connectivity index (χ4n) is 8.30. The fourth-order valence-corrected chi connectivity index (χ4v) is 8.30. The minimum absolute atomic E-state index is 0.837. The first-order valence-electron chi connectivity index (χ1n) is 20.2. The van der Waals surface area contributed by atoms with E-state index in [-0.39, 0.29) is 0 Å². The summed E-state index contributed by atoms with van der Waals surface area (Å²) in [5.41, 5.74) is 2.47. The van der Waals surface area contributed by atoms with Crippen molar-refractivity contribution < 1.29 is 9.47 Å². The quantitative estimate of drug-likeness (QED) is 0.114. The molecule has 0 heterocycles. The van der Waals surface area contributed by atoms with Gasteiger partial charge in [0.25, 0.3) is 0 Å². The van der Waals surface area contributed by atoms with Gasteiger partial charge in [-0.05, 0) is 84.7 Å². The van der Waals surface area contributed by atoms with E-state index in [1.165, 1.54) is 165 Å². The molecule has 0 radical (unpaired) electrons. The normalized spacial score (nSPS) is 21.7. The third-order valence-corrected chi connectivity index (χ3v) is 11.5. The van der Waals surface area contributed by atoms with Crippen molar-refractivity contribution in [3.63, 3.8) is 0 Å². The summed E-state index contributed by atoms with van der Waals surface area (Å²) in [5.74, 6) is 5.85. The number of rotatable bonds is 23. The van der Waals surface area contributed by atoms with Gasteiger partial charge in [0.05, 0.1) is 13.2 Å². The van der Waals surface area contributed by atoms with Gasteiger partial charge in [-0.1, -0.05) is 167 Å². The molecule has 0 bridgehead atoms. The van der Waals surface area contributed by atoms with E-state index in [0.717, 1.165) is 48.4 Å². The molecule has 2 aromatic rings. The Kier molecular flexibility index (Phi) is 18.1. The molecule has 4 rings (SSSR count). The first kappa shape index (κ1) is 36.9. The van der Waals surface area contributed by atoms with E-state index in [9.17, 15) is 0 Å². The van der Waals surface area contributed by atoms with Crippen LogP contribution in [0.15, 0.2) is 48.5 Å². The molecule has 0 N–H and O–H groups in total. The van der Waals surface area contributed by atoms with Gasteiger partial charge < -0.3 is 9.47 Å². The van der Waals surface area contributed by atoms with Crippen LogP contribution in [0.1, 0.15) is 168 Å². The molecule has 0 aliphatic heterocycles. The highest BCUT2D eigenvalue weighted by Crippen LogP contribution is 2.35. The number of hydrogen-bond acceptors (Lipinski definition) is 2. The van der Waals surface area contributed by atoms with Crippen LogP contribution in [0.3, 0.4) is 0 Å². The summed E-state index contributed by atoms with van der Waals surface area (Å²) in [6.45, 7) is 6.29. The third-order valence-electron chi connectivity index (χ3n) is 11.5. The van der Waals surface area contributed by atoms with E-state index in [1.807, 2.05) is 0 Å². The molecule has 0 saturated heterocycles. The minimum Gasteiger partial charge on any atom is -0.494 e. The van der Waals surface area contributed by atoms with Crippen LogP contribution in [0.25, 0.3) is 11.1 Å². The van der Waals surface area contributed by atoms with E-state index in [0.29, 0.717) is 0 Å². The van der Waals surface area contributed by atoms with Gasteiger partial charge in [0.15, 0.2) is 0 Å². The molecular weight excluding hydrogens is 560 g/mol. The lowest BCUT2D eigenvalue weighted by Crippen LogP contribution is -2.15. The van der Waals surface area contributed by atoms with Gasteiger partial charge in [-0.15, -0.1) is 0 Å². The molecule has 2 nitrogen and oxygen atoms in total. The van der Waals surface area contributed by atoms with Crippen molar-refractivity contribution in [3.05, 3.63) is 48.5 Å². The number of ether oxygens (including phenoxy) is 2. The first-order valence-corrected chi connectivity index (χ1v) is 20.2. The summed E-state index contributed by atoms with van der Waals surface area (Å²) in [6.07, 6.45) is 33.9. The predicted octanol–water partition coefficient (Wildman–Crippen LogP) is 14.0. The third kappa shape index (κ3) is 14.4. The second kappa shape index (κ2) is 22.6. The molecule has 0 aromatic heterocycles. The summed E-state index contributed by atoms with van der Waals surface area (Å²) in [7, 11) is 0. The van der Waals surface area contributed by atoms with Gasteiger partial charge in [0.1, 0.15) is 11.5 Å². The highest BCUT2D eigenvalue weighted by Gasteiger charge is 2.21. The monoisotopic (exact) mass is 631 g/mol. The van der Waals surface area contributed by atoms with Crippen LogP contribution in [-0.2, 0) is 0 Å². The van der Waals surface area contributed by atoms with Crippen molar-refractivity contribution >= 4 is 0 Å². The highest BCUT2D eigenvalue weighted by molar-refractivity contribution is 5.64. The van der Waals surface area contributed by atoms with Gasteiger partial charge in [0, 0.05) is 0 Å². The average molecular weight is 631 g/mol. The predicted molar refractivity (Wildman–Crippen MR) is 199 cm³/mol. The molecular formula is C44H70O2. The summed E-state index contributed by atoms with van der Waals surface area (Å²) < 4.78 is 12.2. The Hall–Kier alpha value is -1.96. The Bertz CT molecular complexity index is 912. The molecule has 0 spiro atoms. The summed E-state index contributed by atoms with van der Waals surface area (Å²) >= 11 is 0. The van der Waals surface area contributed by atoms with E-state index in [2.05, 4.69) is 62.4 Å². The first-order chi connectivity index (χ1) is 22.7. The Morgan fingerprint density at radius 1 is 0.391 bits per heavy atom. The van der Waals surface area contributed by atoms with Crippen LogP contribution < -0.4 is 9.47 Å². The summed E-state index contributed by atoms with van der Waals surface area (Å²) in [5, 5.41) is 0. The van der Waals surface area contributed by atoms with Crippen molar-refractivity contribution in [2.45, 2.75) is 168 Å². The Morgan fingerprint density at radius 2 is 0.696 bits per heavy atom. The molecule has 46 heavy (non-hydrogen) atoms. The zero-order valence-electron chi connectivity index (χ0n) is 30.1. The molecule has 2 fully saturated rings. The second-order valence-corrected chi connectivity index (χ2v) is 15.2. The molecule has 2 aliphatic carbocycles. The molecule has 0 atom stereocenters. The molecule has 0 amide bonds. The number of hydrogen-bond donors (Lipinski definition) is 0. The van der Waals surface area contributed by atoms with Crippen molar-refractivity contribution in [2.75, 3.05) is 13.2 Å². The van der Waals surface area contributed by atoms with E-state index in [1.54, 1.807) is 0 Å². The lowest BCUT2D eigenvalue weighted by molar-refractivity contribution is 0.228. The molecule has 258 valence electrons. The zero-order valence-corrected chi connectivity index (χ0v) is 30.1. The lowest BCUT2D eigenvalue weighted by Gasteiger charge is -2.28. The molecule has 2 saturated carbocycles. The molecule has 2 aromatic carbocycles. The van der Waals surface area contributed by atoms with Gasteiger partial charge in [-0.2, -0.15) is 0 Å². The van der Waals surface area contributed by atoms with Crippen LogP contribution in [-0.4, -0.2) is 13.2 Å². The van der Waals surface area contributed by atoms with Crippen molar-refractivity contribution in [1.29, 1.82) is 0 Å². The van der Waals surface area contributed by atoms with Crippen molar-refractivity contribution in [1.82, 2.24) is 0 Å². The maximum Gasteiger partial charge on any atom is 0.119 e.